The number of rotatable bonds is 6. The van der Waals surface area contributed by atoms with Crippen molar-refractivity contribution in [2.24, 2.45) is 5.73 Å². The third-order valence-corrected chi connectivity index (χ3v) is 3.63. The van der Waals surface area contributed by atoms with E-state index in [1.54, 1.807) is 11.8 Å². The summed E-state index contributed by atoms with van der Waals surface area (Å²) < 4.78 is 0. The lowest BCUT2D eigenvalue weighted by Crippen LogP contribution is -2.33. The van der Waals surface area contributed by atoms with Crippen molar-refractivity contribution in [2.75, 3.05) is 6.54 Å². The number of amides is 1. The number of nitrogens with two attached hydrogens (primary N) is 1. The van der Waals surface area contributed by atoms with Gasteiger partial charge < -0.3 is 11.1 Å². The van der Waals surface area contributed by atoms with E-state index in [-0.39, 0.29) is 11.2 Å². The zero-order valence-electron chi connectivity index (χ0n) is 8.95. The highest BCUT2D eigenvalue weighted by Crippen LogP contribution is 2.23. The van der Waals surface area contributed by atoms with E-state index in [2.05, 4.69) is 12.2 Å². The normalized spacial score (nSPS) is 20.2. The van der Waals surface area contributed by atoms with Crippen LogP contribution in [-0.2, 0) is 4.79 Å². The molecule has 2 atom stereocenters. The summed E-state index contributed by atoms with van der Waals surface area (Å²) in [5.74, 6) is 0.182. The summed E-state index contributed by atoms with van der Waals surface area (Å²) >= 11 is 1.71. The van der Waals surface area contributed by atoms with Gasteiger partial charge in [0.25, 0.3) is 0 Å². The standard InChI is InChI=1S/C10H20N2OS/c1-7(5-6-11)14-8(2)10(13)12-9-3-4-9/h7-9H,3-6,11H2,1-2H3,(H,12,13). The van der Waals surface area contributed by atoms with Gasteiger partial charge >= 0.3 is 0 Å². The maximum absolute atomic E-state index is 11.6. The summed E-state index contributed by atoms with van der Waals surface area (Å²) in [5.41, 5.74) is 5.46. The molecule has 0 aliphatic heterocycles. The molecule has 1 fully saturated rings. The van der Waals surface area contributed by atoms with Gasteiger partial charge in [-0.25, -0.2) is 0 Å². The van der Waals surface area contributed by atoms with Crippen LogP contribution in [0.5, 0.6) is 0 Å². The fourth-order valence-corrected chi connectivity index (χ4v) is 2.42. The van der Waals surface area contributed by atoms with E-state index in [0.29, 0.717) is 17.8 Å². The summed E-state index contributed by atoms with van der Waals surface area (Å²) in [7, 11) is 0. The average molecular weight is 216 g/mol. The van der Waals surface area contributed by atoms with Crippen LogP contribution in [0, 0.1) is 0 Å². The van der Waals surface area contributed by atoms with Gasteiger partial charge in [-0.05, 0) is 32.7 Å². The predicted octanol–water partition coefficient (Wildman–Crippen LogP) is 1.12. The summed E-state index contributed by atoms with van der Waals surface area (Å²) in [6.45, 7) is 4.79. The Balaban J connectivity index is 2.17. The summed E-state index contributed by atoms with van der Waals surface area (Å²) in [4.78, 5) is 11.6. The van der Waals surface area contributed by atoms with E-state index in [4.69, 9.17) is 5.73 Å². The molecule has 2 unspecified atom stereocenters. The van der Waals surface area contributed by atoms with Gasteiger partial charge in [0, 0.05) is 11.3 Å². The molecule has 1 aliphatic carbocycles. The molecule has 0 aromatic carbocycles. The Morgan fingerprint density at radius 1 is 1.57 bits per heavy atom. The van der Waals surface area contributed by atoms with Crippen molar-refractivity contribution in [3.05, 3.63) is 0 Å². The van der Waals surface area contributed by atoms with Crippen molar-refractivity contribution in [2.45, 2.75) is 49.7 Å². The molecule has 3 nitrogen and oxygen atoms in total. The minimum Gasteiger partial charge on any atom is -0.352 e. The highest BCUT2D eigenvalue weighted by molar-refractivity contribution is 8.01. The molecule has 1 amide bonds. The number of hydrogen-bond donors (Lipinski definition) is 2. The van der Waals surface area contributed by atoms with Gasteiger partial charge in [-0.15, -0.1) is 11.8 Å². The van der Waals surface area contributed by atoms with Crippen LogP contribution >= 0.6 is 11.8 Å². The second-order valence-electron chi connectivity index (χ2n) is 3.95. The molecule has 3 N–H and O–H groups in total. The Bertz CT molecular complexity index is 195. The smallest absolute Gasteiger partial charge is 0.233 e. The van der Waals surface area contributed by atoms with Gasteiger partial charge in [-0.3, -0.25) is 4.79 Å². The van der Waals surface area contributed by atoms with E-state index < -0.39 is 0 Å². The topological polar surface area (TPSA) is 55.1 Å². The SMILES string of the molecule is CC(CCN)SC(C)C(=O)NC1CC1. The molecule has 82 valence electrons. The summed E-state index contributed by atoms with van der Waals surface area (Å²) in [6.07, 6.45) is 3.29. The molecular formula is C10H20N2OS. The van der Waals surface area contributed by atoms with Gasteiger partial charge in [0.1, 0.15) is 0 Å². The van der Waals surface area contributed by atoms with Gasteiger partial charge in [0.2, 0.25) is 5.91 Å². The van der Waals surface area contributed by atoms with Crippen LogP contribution in [0.4, 0.5) is 0 Å². The zero-order chi connectivity index (χ0) is 10.6. The van der Waals surface area contributed by atoms with E-state index >= 15 is 0 Å². The Kier molecular flexibility index (Phi) is 4.75. The lowest BCUT2D eigenvalue weighted by Gasteiger charge is -2.16. The second-order valence-corrected chi connectivity index (χ2v) is 5.73. The predicted molar refractivity (Wildman–Crippen MR) is 61.4 cm³/mol. The van der Waals surface area contributed by atoms with Crippen molar-refractivity contribution >= 4 is 17.7 Å². The Morgan fingerprint density at radius 2 is 2.21 bits per heavy atom. The van der Waals surface area contributed by atoms with Crippen LogP contribution in [0.3, 0.4) is 0 Å². The van der Waals surface area contributed by atoms with E-state index in [1.165, 1.54) is 0 Å². The molecule has 14 heavy (non-hydrogen) atoms. The third-order valence-electron chi connectivity index (χ3n) is 2.30. The van der Waals surface area contributed by atoms with E-state index in [1.807, 2.05) is 6.92 Å². The van der Waals surface area contributed by atoms with E-state index in [0.717, 1.165) is 19.3 Å². The molecule has 0 heterocycles. The van der Waals surface area contributed by atoms with Crippen molar-refractivity contribution in [1.29, 1.82) is 0 Å². The number of carbonyl (C=O) groups is 1. The molecule has 0 saturated heterocycles. The fourth-order valence-electron chi connectivity index (χ4n) is 1.26. The molecule has 4 heteroatoms. The largest absolute Gasteiger partial charge is 0.352 e. The number of hydrogen-bond acceptors (Lipinski definition) is 3. The monoisotopic (exact) mass is 216 g/mol. The highest BCUT2D eigenvalue weighted by Gasteiger charge is 2.26. The number of carbonyl (C=O) groups excluding carboxylic acids is 1. The quantitative estimate of drug-likeness (QED) is 0.699. The third kappa shape index (κ3) is 4.33. The molecular weight excluding hydrogens is 196 g/mol. The van der Waals surface area contributed by atoms with Crippen LogP contribution in [-0.4, -0.2) is 29.0 Å². The molecule has 0 radical (unpaired) electrons. The molecule has 1 saturated carbocycles. The second kappa shape index (κ2) is 5.61. The zero-order valence-corrected chi connectivity index (χ0v) is 9.77. The summed E-state index contributed by atoms with van der Waals surface area (Å²) in [5, 5.41) is 3.54. The van der Waals surface area contributed by atoms with Crippen LogP contribution in [0.1, 0.15) is 33.1 Å². The first kappa shape index (κ1) is 11.9. The Hall–Kier alpha value is -0.220. The maximum atomic E-state index is 11.6. The van der Waals surface area contributed by atoms with Crippen molar-refractivity contribution in [1.82, 2.24) is 5.32 Å². The van der Waals surface area contributed by atoms with Gasteiger partial charge in [-0.1, -0.05) is 6.92 Å². The van der Waals surface area contributed by atoms with Gasteiger partial charge in [0.05, 0.1) is 5.25 Å². The first-order chi connectivity index (χ1) is 6.63. The molecule has 0 aromatic rings. The highest BCUT2D eigenvalue weighted by atomic mass is 32.2. The van der Waals surface area contributed by atoms with Crippen LogP contribution in [0.25, 0.3) is 0 Å². The van der Waals surface area contributed by atoms with Gasteiger partial charge in [0.15, 0.2) is 0 Å². The maximum Gasteiger partial charge on any atom is 0.233 e. The van der Waals surface area contributed by atoms with Crippen molar-refractivity contribution in [3.8, 4) is 0 Å². The fraction of sp³-hybridized carbons (Fsp3) is 0.900. The van der Waals surface area contributed by atoms with Crippen molar-refractivity contribution < 1.29 is 4.79 Å². The van der Waals surface area contributed by atoms with Crippen LogP contribution in [0.15, 0.2) is 0 Å². The molecule has 0 bridgehead atoms. The molecule has 0 spiro atoms. The number of nitrogens with one attached hydrogen (secondary N) is 1. The van der Waals surface area contributed by atoms with Crippen molar-refractivity contribution in [3.63, 3.8) is 0 Å². The number of thioether (sulfide) groups is 1. The summed E-state index contributed by atoms with van der Waals surface area (Å²) in [6, 6.07) is 0.468. The Morgan fingerprint density at radius 3 is 2.71 bits per heavy atom. The molecule has 0 aromatic heterocycles. The van der Waals surface area contributed by atoms with Crippen LogP contribution in [0.2, 0.25) is 0 Å². The minimum absolute atomic E-state index is 0.0529. The first-order valence-electron chi connectivity index (χ1n) is 5.29. The lowest BCUT2D eigenvalue weighted by molar-refractivity contribution is -0.120. The van der Waals surface area contributed by atoms with E-state index in [9.17, 15) is 4.79 Å². The lowest BCUT2D eigenvalue weighted by atomic mass is 10.3. The molecule has 1 rings (SSSR count). The Labute approximate surface area is 90.2 Å². The van der Waals surface area contributed by atoms with Gasteiger partial charge in [-0.2, -0.15) is 0 Å². The molecule has 1 aliphatic rings. The minimum atomic E-state index is 0.0529. The van der Waals surface area contributed by atoms with Crippen LogP contribution < -0.4 is 11.1 Å². The first-order valence-corrected chi connectivity index (χ1v) is 6.23. The average Bonchev–Trinajstić information content (AvgIpc) is 2.88.